The van der Waals surface area contributed by atoms with E-state index in [2.05, 4.69) is 10.0 Å². The van der Waals surface area contributed by atoms with E-state index in [1.807, 2.05) is 18.2 Å². The third-order valence-corrected chi connectivity index (χ3v) is 4.88. The van der Waals surface area contributed by atoms with Gasteiger partial charge in [0, 0.05) is 12.2 Å². The number of ether oxygens (including phenoxy) is 1. The summed E-state index contributed by atoms with van der Waals surface area (Å²) in [4.78, 5) is 11.5. The summed E-state index contributed by atoms with van der Waals surface area (Å²) >= 11 is 0. The zero-order chi connectivity index (χ0) is 16.3. The standard InChI is InChI=1S/C16H16N2O4S/c19-16-11-12-10-14(6-7-15(12)18-16)23(20,21)17-8-9-22-13-4-2-1-3-5-13/h1-7,10,17H,8-9,11H2,(H,18,19). The van der Waals surface area contributed by atoms with Crippen LogP contribution in [0.5, 0.6) is 5.75 Å². The molecule has 120 valence electrons. The Morgan fingerprint density at radius 3 is 2.70 bits per heavy atom. The summed E-state index contributed by atoms with van der Waals surface area (Å²) in [5, 5.41) is 2.67. The molecule has 1 aliphatic heterocycles. The van der Waals surface area contributed by atoms with Crippen LogP contribution in [0.15, 0.2) is 53.4 Å². The summed E-state index contributed by atoms with van der Waals surface area (Å²) < 4.78 is 32.4. The van der Waals surface area contributed by atoms with Crippen molar-refractivity contribution in [1.82, 2.24) is 4.72 Å². The molecule has 0 unspecified atom stereocenters. The summed E-state index contributed by atoms with van der Waals surface area (Å²) in [6, 6.07) is 13.8. The van der Waals surface area contributed by atoms with Gasteiger partial charge in [0.25, 0.3) is 0 Å². The maximum absolute atomic E-state index is 12.3. The minimum atomic E-state index is -3.62. The van der Waals surface area contributed by atoms with E-state index in [1.165, 1.54) is 12.1 Å². The van der Waals surface area contributed by atoms with Crippen molar-refractivity contribution < 1.29 is 17.9 Å². The van der Waals surface area contributed by atoms with Crippen LogP contribution in [0.4, 0.5) is 5.69 Å². The first kappa shape index (κ1) is 15.5. The highest BCUT2D eigenvalue weighted by molar-refractivity contribution is 7.89. The number of carbonyl (C=O) groups excluding carboxylic acids is 1. The Morgan fingerprint density at radius 1 is 1.13 bits per heavy atom. The molecule has 0 fully saturated rings. The van der Waals surface area contributed by atoms with Gasteiger partial charge >= 0.3 is 0 Å². The molecule has 0 aliphatic carbocycles. The second kappa shape index (κ2) is 6.39. The first-order valence-electron chi connectivity index (χ1n) is 7.15. The number of fused-ring (bicyclic) bond motifs is 1. The molecule has 0 bridgehead atoms. The summed E-state index contributed by atoms with van der Waals surface area (Å²) in [5.74, 6) is 0.563. The number of rotatable bonds is 6. The van der Waals surface area contributed by atoms with Gasteiger partial charge in [-0.3, -0.25) is 4.79 Å². The molecular formula is C16H16N2O4S. The van der Waals surface area contributed by atoms with Crippen LogP contribution in [0.2, 0.25) is 0 Å². The van der Waals surface area contributed by atoms with Gasteiger partial charge in [-0.15, -0.1) is 0 Å². The average molecular weight is 332 g/mol. The molecule has 1 heterocycles. The van der Waals surface area contributed by atoms with E-state index in [1.54, 1.807) is 18.2 Å². The van der Waals surface area contributed by atoms with Gasteiger partial charge in [-0.25, -0.2) is 13.1 Å². The third kappa shape index (κ3) is 3.69. The lowest BCUT2D eigenvalue weighted by atomic mass is 10.2. The van der Waals surface area contributed by atoms with Crippen LogP contribution in [-0.4, -0.2) is 27.5 Å². The molecule has 3 rings (SSSR count). The molecule has 7 heteroatoms. The second-order valence-electron chi connectivity index (χ2n) is 5.10. The summed E-state index contributed by atoms with van der Waals surface area (Å²) in [5.41, 5.74) is 1.36. The number of anilines is 1. The van der Waals surface area contributed by atoms with Crippen molar-refractivity contribution in [3.05, 3.63) is 54.1 Å². The van der Waals surface area contributed by atoms with E-state index in [-0.39, 0.29) is 30.4 Å². The predicted octanol–water partition coefficient (Wildman–Crippen LogP) is 1.54. The fourth-order valence-corrected chi connectivity index (χ4v) is 3.38. The normalized spacial score (nSPS) is 13.5. The van der Waals surface area contributed by atoms with E-state index in [0.29, 0.717) is 17.0 Å². The molecule has 1 amide bonds. The van der Waals surface area contributed by atoms with Crippen molar-refractivity contribution in [3.63, 3.8) is 0 Å². The lowest BCUT2D eigenvalue weighted by Gasteiger charge is -2.09. The molecular weight excluding hydrogens is 316 g/mol. The van der Waals surface area contributed by atoms with Gasteiger partial charge in [0.05, 0.1) is 11.3 Å². The number of nitrogens with one attached hydrogen (secondary N) is 2. The lowest BCUT2D eigenvalue weighted by molar-refractivity contribution is -0.115. The maximum Gasteiger partial charge on any atom is 0.240 e. The molecule has 6 nitrogen and oxygen atoms in total. The molecule has 23 heavy (non-hydrogen) atoms. The van der Waals surface area contributed by atoms with Crippen molar-refractivity contribution >= 4 is 21.6 Å². The zero-order valence-corrected chi connectivity index (χ0v) is 13.1. The van der Waals surface area contributed by atoms with Crippen molar-refractivity contribution in [2.45, 2.75) is 11.3 Å². The Kier molecular flexibility index (Phi) is 4.31. The third-order valence-electron chi connectivity index (χ3n) is 3.42. The quantitative estimate of drug-likeness (QED) is 0.786. The number of carbonyl (C=O) groups is 1. The number of amides is 1. The highest BCUT2D eigenvalue weighted by atomic mass is 32.2. The van der Waals surface area contributed by atoms with Crippen molar-refractivity contribution in [1.29, 1.82) is 0 Å². The summed E-state index contributed by atoms with van der Waals surface area (Å²) in [6.45, 7) is 0.389. The Balaban J connectivity index is 1.59. The molecule has 0 saturated heterocycles. The Labute approximate surface area is 134 Å². The fraction of sp³-hybridized carbons (Fsp3) is 0.188. The SMILES string of the molecule is O=C1Cc2cc(S(=O)(=O)NCCOc3ccccc3)ccc2N1. The molecule has 2 aromatic rings. The first-order valence-corrected chi connectivity index (χ1v) is 8.63. The highest BCUT2D eigenvalue weighted by Gasteiger charge is 2.21. The predicted molar refractivity (Wildman–Crippen MR) is 85.9 cm³/mol. The van der Waals surface area contributed by atoms with E-state index < -0.39 is 10.0 Å². The number of sulfonamides is 1. The van der Waals surface area contributed by atoms with E-state index >= 15 is 0 Å². The van der Waals surface area contributed by atoms with Crippen LogP contribution in [0.25, 0.3) is 0 Å². The monoisotopic (exact) mass is 332 g/mol. The minimum absolute atomic E-state index is 0.126. The van der Waals surface area contributed by atoms with Gasteiger partial charge in [0.15, 0.2) is 0 Å². The van der Waals surface area contributed by atoms with E-state index in [4.69, 9.17) is 4.74 Å². The molecule has 0 atom stereocenters. The highest BCUT2D eigenvalue weighted by Crippen LogP contribution is 2.25. The van der Waals surface area contributed by atoms with E-state index in [0.717, 1.165) is 0 Å². The Hall–Kier alpha value is -2.38. The van der Waals surface area contributed by atoms with Crippen LogP contribution in [0.1, 0.15) is 5.56 Å². The number of para-hydroxylation sites is 1. The Morgan fingerprint density at radius 2 is 1.91 bits per heavy atom. The average Bonchev–Trinajstić information content (AvgIpc) is 2.92. The van der Waals surface area contributed by atoms with Gasteiger partial charge in [0.2, 0.25) is 15.9 Å². The van der Waals surface area contributed by atoms with Crippen molar-refractivity contribution in [2.24, 2.45) is 0 Å². The molecule has 2 aromatic carbocycles. The summed E-state index contributed by atoms with van der Waals surface area (Å²) in [7, 11) is -3.62. The van der Waals surface area contributed by atoms with Gasteiger partial charge < -0.3 is 10.1 Å². The van der Waals surface area contributed by atoms with Crippen LogP contribution in [-0.2, 0) is 21.2 Å². The molecule has 1 aliphatic rings. The van der Waals surface area contributed by atoms with Crippen molar-refractivity contribution in [2.75, 3.05) is 18.5 Å². The molecule has 0 radical (unpaired) electrons. The summed E-state index contributed by atoms with van der Waals surface area (Å²) in [6.07, 6.45) is 0.204. The number of hydrogen-bond acceptors (Lipinski definition) is 4. The minimum Gasteiger partial charge on any atom is -0.492 e. The van der Waals surface area contributed by atoms with Crippen LogP contribution < -0.4 is 14.8 Å². The fourth-order valence-electron chi connectivity index (χ4n) is 2.32. The first-order chi connectivity index (χ1) is 11.0. The maximum atomic E-state index is 12.3. The van der Waals surface area contributed by atoms with Gasteiger partial charge in [0.1, 0.15) is 12.4 Å². The van der Waals surface area contributed by atoms with Crippen LogP contribution >= 0.6 is 0 Å². The van der Waals surface area contributed by atoms with E-state index in [9.17, 15) is 13.2 Å². The van der Waals surface area contributed by atoms with Crippen LogP contribution in [0, 0.1) is 0 Å². The van der Waals surface area contributed by atoms with Crippen molar-refractivity contribution in [3.8, 4) is 5.75 Å². The smallest absolute Gasteiger partial charge is 0.240 e. The van der Waals surface area contributed by atoms with Crippen LogP contribution in [0.3, 0.4) is 0 Å². The second-order valence-corrected chi connectivity index (χ2v) is 6.87. The number of hydrogen-bond donors (Lipinski definition) is 2. The lowest BCUT2D eigenvalue weighted by Crippen LogP contribution is -2.28. The zero-order valence-electron chi connectivity index (χ0n) is 12.3. The Bertz CT molecular complexity index is 819. The molecule has 0 spiro atoms. The van der Waals surface area contributed by atoms with Gasteiger partial charge in [-0.1, -0.05) is 18.2 Å². The molecule has 0 aromatic heterocycles. The number of benzene rings is 2. The topological polar surface area (TPSA) is 84.5 Å². The molecule has 0 saturated carbocycles. The van der Waals surface area contributed by atoms with Gasteiger partial charge in [-0.05, 0) is 35.9 Å². The largest absolute Gasteiger partial charge is 0.492 e. The molecule has 2 N–H and O–H groups in total. The van der Waals surface area contributed by atoms with Gasteiger partial charge in [-0.2, -0.15) is 0 Å².